The van der Waals surface area contributed by atoms with Crippen LogP contribution in [0.2, 0.25) is 0 Å². The SMILES string of the molecule is c1ccc2cc(-c3c4ccccc4c(-c4ccc(-c5ccc6c(-c7ccc(-c8c9ccccc9c(-c9ccc%10ccccc%10c9)c9ccccc89)cc7)cccc6c5)cc4)c4ccccc34)ccc2c1. The molecule has 324 valence electrons. The fourth-order valence-corrected chi connectivity index (χ4v) is 11.6. The van der Waals surface area contributed by atoms with Crippen molar-refractivity contribution in [2.45, 2.75) is 0 Å². The lowest BCUT2D eigenvalue weighted by Gasteiger charge is -2.18. The van der Waals surface area contributed by atoms with Gasteiger partial charge in [-0.1, -0.05) is 249 Å². The van der Waals surface area contributed by atoms with Crippen LogP contribution in [0.3, 0.4) is 0 Å². The molecular formula is C70H44. The van der Waals surface area contributed by atoms with Crippen LogP contribution in [0.4, 0.5) is 0 Å². The van der Waals surface area contributed by atoms with Crippen molar-refractivity contribution in [3.8, 4) is 66.8 Å². The van der Waals surface area contributed by atoms with E-state index in [1.807, 2.05) is 0 Å². The molecule has 0 aromatic heterocycles. The van der Waals surface area contributed by atoms with Gasteiger partial charge in [0, 0.05) is 0 Å². The molecule has 0 unspecified atom stereocenters. The molecule has 0 saturated carbocycles. The van der Waals surface area contributed by atoms with Crippen molar-refractivity contribution in [2.75, 3.05) is 0 Å². The minimum absolute atomic E-state index is 1.20. The van der Waals surface area contributed by atoms with Crippen molar-refractivity contribution in [1.29, 1.82) is 0 Å². The van der Waals surface area contributed by atoms with E-state index in [-0.39, 0.29) is 0 Å². The van der Waals surface area contributed by atoms with Crippen LogP contribution < -0.4 is 0 Å². The molecule has 0 bridgehead atoms. The first-order chi connectivity index (χ1) is 34.7. The van der Waals surface area contributed by atoms with Gasteiger partial charge in [-0.15, -0.1) is 0 Å². The minimum atomic E-state index is 1.20. The molecule has 0 aliphatic carbocycles. The quantitative estimate of drug-likeness (QED) is 0.146. The Morgan fingerprint density at radius 3 is 0.871 bits per heavy atom. The highest BCUT2D eigenvalue weighted by Crippen LogP contribution is 2.47. The van der Waals surface area contributed by atoms with Gasteiger partial charge in [0.2, 0.25) is 0 Å². The average molecular weight is 885 g/mol. The van der Waals surface area contributed by atoms with E-state index < -0.39 is 0 Å². The molecule has 0 nitrogen and oxygen atoms in total. The fraction of sp³-hybridized carbons (Fsp3) is 0. The molecule has 14 aromatic rings. The summed E-state index contributed by atoms with van der Waals surface area (Å²) >= 11 is 0. The summed E-state index contributed by atoms with van der Waals surface area (Å²) in [6.07, 6.45) is 0. The maximum Gasteiger partial charge on any atom is -0.00262 e. The van der Waals surface area contributed by atoms with Gasteiger partial charge in [0.15, 0.2) is 0 Å². The maximum absolute atomic E-state index is 2.35. The summed E-state index contributed by atoms with van der Waals surface area (Å²) in [7, 11) is 0. The third-order valence-electron chi connectivity index (χ3n) is 14.8. The van der Waals surface area contributed by atoms with E-state index >= 15 is 0 Å². The van der Waals surface area contributed by atoms with Crippen LogP contribution in [0.15, 0.2) is 267 Å². The molecule has 0 radical (unpaired) electrons. The van der Waals surface area contributed by atoms with Gasteiger partial charge in [-0.2, -0.15) is 0 Å². The van der Waals surface area contributed by atoms with Gasteiger partial charge in [-0.25, -0.2) is 0 Å². The van der Waals surface area contributed by atoms with E-state index in [1.54, 1.807) is 0 Å². The molecule has 0 aliphatic rings. The number of fused-ring (bicyclic) bond motifs is 7. The molecule has 0 atom stereocenters. The van der Waals surface area contributed by atoms with Crippen LogP contribution in [0.5, 0.6) is 0 Å². The fourth-order valence-electron chi connectivity index (χ4n) is 11.6. The summed E-state index contributed by atoms with van der Waals surface area (Å²) in [4.78, 5) is 0. The summed E-state index contributed by atoms with van der Waals surface area (Å²) in [6, 6.07) is 98.8. The van der Waals surface area contributed by atoms with Crippen LogP contribution >= 0.6 is 0 Å². The zero-order chi connectivity index (χ0) is 46.1. The van der Waals surface area contributed by atoms with Gasteiger partial charge in [-0.05, 0) is 160 Å². The van der Waals surface area contributed by atoms with Gasteiger partial charge in [-0.3, -0.25) is 0 Å². The lowest BCUT2D eigenvalue weighted by Crippen LogP contribution is -1.91. The molecule has 0 spiro atoms. The second-order valence-corrected chi connectivity index (χ2v) is 18.7. The monoisotopic (exact) mass is 884 g/mol. The van der Waals surface area contributed by atoms with E-state index in [0.717, 1.165) is 0 Å². The molecule has 0 saturated heterocycles. The smallest absolute Gasteiger partial charge is 0.00262 e. The normalized spacial score (nSPS) is 11.7. The third kappa shape index (κ3) is 6.53. The zero-order valence-corrected chi connectivity index (χ0v) is 38.4. The summed E-state index contributed by atoms with van der Waals surface area (Å²) < 4.78 is 0. The Morgan fingerprint density at radius 1 is 0.143 bits per heavy atom. The van der Waals surface area contributed by atoms with Crippen molar-refractivity contribution in [1.82, 2.24) is 0 Å². The number of rotatable bonds is 6. The van der Waals surface area contributed by atoms with Crippen LogP contribution in [0.1, 0.15) is 0 Å². The van der Waals surface area contributed by atoms with Crippen molar-refractivity contribution in [3.63, 3.8) is 0 Å². The van der Waals surface area contributed by atoms with Crippen molar-refractivity contribution in [2.24, 2.45) is 0 Å². The van der Waals surface area contributed by atoms with Crippen LogP contribution in [-0.2, 0) is 0 Å². The molecule has 0 heteroatoms. The second-order valence-electron chi connectivity index (χ2n) is 18.7. The zero-order valence-electron chi connectivity index (χ0n) is 38.4. The lowest BCUT2D eigenvalue weighted by molar-refractivity contribution is 1.61. The number of hydrogen-bond donors (Lipinski definition) is 0. The Balaban J connectivity index is 0.811. The van der Waals surface area contributed by atoms with Crippen LogP contribution in [0, 0.1) is 0 Å². The van der Waals surface area contributed by atoms with E-state index in [9.17, 15) is 0 Å². The van der Waals surface area contributed by atoms with E-state index in [2.05, 4.69) is 267 Å². The summed E-state index contributed by atoms with van der Waals surface area (Å²) in [6.45, 7) is 0. The first kappa shape index (κ1) is 40.0. The molecule has 0 amide bonds. The van der Waals surface area contributed by atoms with Crippen molar-refractivity contribution >= 4 is 75.4 Å². The lowest BCUT2D eigenvalue weighted by atomic mass is 9.85. The largest absolute Gasteiger partial charge is 0.0616 e. The summed E-state index contributed by atoms with van der Waals surface area (Å²) in [5.74, 6) is 0. The first-order valence-corrected chi connectivity index (χ1v) is 24.3. The van der Waals surface area contributed by atoms with E-state index in [4.69, 9.17) is 0 Å². The molecule has 0 aliphatic heterocycles. The standard InChI is InChI=1S/C70H44/c1-3-16-51-43-55(38-30-45(51)14-1)69-63-23-9-5-19-59(63)67(60-20-6-10-24-64(60)69)49-34-28-47(29-35-49)53-40-41-58-54(42-53)18-13-27-57(58)48-32-36-50(37-33-48)68-61-21-7-11-25-65(61)70(66-26-12-8-22-62(66)68)56-39-31-46-15-2-4-17-52(46)44-56/h1-44H. The highest BCUT2D eigenvalue weighted by Gasteiger charge is 2.19. The molecule has 14 aromatic carbocycles. The Kier molecular flexibility index (Phi) is 9.32. The molecule has 0 fully saturated rings. The molecule has 0 N–H and O–H groups in total. The predicted octanol–water partition coefficient (Wildman–Crippen LogP) is 19.8. The Bertz CT molecular complexity index is 4270. The van der Waals surface area contributed by atoms with Gasteiger partial charge in [0.1, 0.15) is 0 Å². The van der Waals surface area contributed by atoms with Gasteiger partial charge in [0.25, 0.3) is 0 Å². The highest BCUT2D eigenvalue weighted by molar-refractivity contribution is 6.23. The maximum atomic E-state index is 2.35. The van der Waals surface area contributed by atoms with Crippen molar-refractivity contribution in [3.05, 3.63) is 267 Å². The molecular weight excluding hydrogens is 841 g/mol. The van der Waals surface area contributed by atoms with Crippen molar-refractivity contribution < 1.29 is 0 Å². The highest BCUT2D eigenvalue weighted by atomic mass is 14.2. The van der Waals surface area contributed by atoms with Gasteiger partial charge < -0.3 is 0 Å². The Hall–Kier alpha value is -9.10. The van der Waals surface area contributed by atoms with Gasteiger partial charge in [0.05, 0.1) is 0 Å². The predicted molar refractivity (Wildman–Crippen MR) is 302 cm³/mol. The van der Waals surface area contributed by atoms with Gasteiger partial charge >= 0.3 is 0 Å². The Morgan fingerprint density at radius 2 is 0.443 bits per heavy atom. The first-order valence-electron chi connectivity index (χ1n) is 24.3. The van der Waals surface area contributed by atoms with Crippen LogP contribution in [0.25, 0.3) is 142 Å². The third-order valence-corrected chi connectivity index (χ3v) is 14.8. The Labute approximate surface area is 407 Å². The minimum Gasteiger partial charge on any atom is -0.0616 e. The molecule has 14 rings (SSSR count). The van der Waals surface area contributed by atoms with E-state index in [0.29, 0.717) is 0 Å². The number of benzene rings is 14. The summed E-state index contributed by atoms with van der Waals surface area (Å²) in [5.41, 5.74) is 14.9. The molecule has 70 heavy (non-hydrogen) atoms. The summed E-state index contributed by atoms with van der Waals surface area (Å²) in [5, 5.41) is 17.6. The second kappa shape index (κ2) is 16.3. The molecule has 0 heterocycles. The van der Waals surface area contributed by atoms with Crippen LogP contribution in [-0.4, -0.2) is 0 Å². The topological polar surface area (TPSA) is 0 Å². The number of hydrogen-bond acceptors (Lipinski definition) is 0. The van der Waals surface area contributed by atoms with E-state index in [1.165, 1.54) is 142 Å². The average Bonchev–Trinajstić information content (AvgIpc) is 3.43.